The molecule has 2 nitrogen and oxygen atoms in total. The minimum absolute atomic E-state index is 1.01. The zero-order valence-corrected chi connectivity index (χ0v) is 17.6. The Morgan fingerprint density at radius 1 is 1.00 bits per heavy atom. The fourth-order valence-corrected chi connectivity index (χ4v) is 4.16. The molecule has 0 radical (unpaired) electrons. The molecule has 0 aliphatic carbocycles. The van der Waals surface area contributed by atoms with Crippen molar-refractivity contribution in [3.63, 3.8) is 0 Å². The topological polar surface area (TPSA) is 6.25 Å². The summed E-state index contributed by atoms with van der Waals surface area (Å²) in [6.07, 6.45) is 11.0. The standard InChI is InChI=1S/C26H29N2/c1-18(6-10-23-16-21-14-19(2)8-12-25(21)27(23)4)7-11-24-17-22-15-20(3)9-13-26(22)28(24)5/h6-15H,16-17H2,1-5H3/q+1. The van der Waals surface area contributed by atoms with Crippen LogP contribution in [0.4, 0.5) is 11.4 Å². The molecule has 0 bridgehead atoms. The lowest BCUT2D eigenvalue weighted by Gasteiger charge is -2.14. The van der Waals surface area contributed by atoms with Gasteiger partial charge in [0.25, 0.3) is 0 Å². The molecule has 2 heterocycles. The quantitative estimate of drug-likeness (QED) is 0.500. The number of hydrogen-bond acceptors (Lipinski definition) is 1. The number of rotatable bonds is 3. The van der Waals surface area contributed by atoms with Gasteiger partial charge in [0, 0.05) is 42.6 Å². The van der Waals surface area contributed by atoms with E-state index in [9.17, 15) is 0 Å². The van der Waals surface area contributed by atoms with Gasteiger partial charge in [0.2, 0.25) is 5.69 Å². The molecule has 2 heteroatoms. The first-order valence-corrected chi connectivity index (χ1v) is 10.0. The van der Waals surface area contributed by atoms with Crippen LogP contribution in [-0.4, -0.2) is 24.4 Å². The Bertz CT molecular complexity index is 1060. The van der Waals surface area contributed by atoms with E-state index in [-0.39, 0.29) is 0 Å². The van der Waals surface area contributed by atoms with Gasteiger partial charge in [0.15, 0.2) is 5.71 Å². The van der Waals surface area contributed by atoms with E-state index in [1.54, 1.807) is 0 Å². The molecule has 0 spiro atoms. The smallest absolute Gasteiger partial charge is 0.208 e. The maximum atomic E-state index is 2.31. The van der Waals surface area contributed by atoms with Gasteiger partial charge in [-0.1, -0.05) is 47.1 Å². The Kier molecular flexibility index (Phi) is 4.80. The third-order valence-corrected chi connectivity index (χ3v) is 5.87. The van der Waals surface area contributed by atoms with Crippen molar-refractivity contribution < 1.29 is 4.58 Å². The van der Waals surface area contributed by atoms with Gasteiger partial charge < -0.3 is 4.90 Å². The Labute approximate surface area is 168 Å². The van der Waals surface area contributed by atoms with E-state index in [2.05, 4.69) is 105 Å². The maximum Gasteiger partial charge on any atom is 0.208 e. The molecule has 0 saturated heterocycles. The molecule has 0 N–H and O–H groups in total. The van der Waals surface area contributed by atoms with Crippen LogP contribution in [0.3, 0.4) is 0 Å². The summed E-state index contributed by atoms with van der Waals surface area (Å²) >= 11 is 0. The number of anilines is 1. The van der Waals surface area contributed by atoms with Crippen molar-refractivity contribution in [2.45, 2.75) is 33.6 Å². The summed E-state index contributed by atoms with van der Waals surface area (Å²) in [5, 5.41) is 0. The minimum atomic E-state index is 1.01. The van der Waals surface area contributed by atoms with Gasteiger partial charge in [-0.25, -0.2) is 0 Å². The van der Waals surface area contributed by atoms with Gasteiger partial charge >= 0.3 is 0 Å². The molecular weight excluding hydrogens is 340 g/mol. The number of aryl methyl sites for hydroxylation is 2. The average Bonchev–Trinajstić information content (AvgIpc) is 3.14. The average molecular weight is 370 g/mol. The second kappa shape index (κ2) is 7.27. The molecule has 0 unspecified atom stereocenters. The van der Waals surface area contributed by atoms with Crippen LogP contribution >= 0.6 is 0 Å². The summed E-state index contributed by atoms with van der Waals surface area (Å²) in [7, 11) is 4.32. The molecular formula is C26H29N2+. The first-order chi connectivity index (χ1) is 13.4. The largest absolute Gasteiger partial charge is 0.348 e. The second-order valence-corrected chi connectivity index (χ2v) is 8.13. The molecule has 2 aromatic rings. The monoisotopic (exact) mass is 369 g/mol. The first kappa shape index (κ1) is 18.5. The Morgan fingerprint density at radius 3 is 2.50 bits per heavy atom. The molecule has 0 atom stereocenters. The SMILES string of the molecule is CC(/C=C/C1=[N+](C)c2ccc(C)cc2C1)=C\C=C1\Cc2cc(C)ccc2N1C. The predicted molar refractivity (Wildman–Crippen MR) is 120 cm³/mol. The van der Waals surface area contributed by atoms with Gasteiger partial charge in [0.05, 0.1) is 6.42 Å². The van der Waals surface area contributed by atoms with Crippen molar-refractivity contribution in [1.29, 1.82) is 0 Å². The lowest BCUT2D eigenvalue weighted by atomic mass is 10.1. The van der Waals surface area contributed by atoms with Crippen LogP contribution in [0.5, 0.6) is 0 Å². The van der Waals surface area contributed by atoms with E-state index in [1.807, 2.05) is 0 Å². The highest BCUT2D eigenvalue weighted by Gasteiger charge is 2.24. The highest BCUT2D eigenvalue weighted by Crippen LogP contribution is 2.33. The van der Waals surface area contributed by atoms with Crippen molar-refractivity contribution >= 4 is 17.1 Å². The van der Waals surface area contributed by atoms with Crippen LogP contribution in [0.2, 0.25) is 0 Å². The Hall–Kier alpha value is -2.87. The molecule has 2 aliphatic rings. The zero-order valence-electron chi connectivity index (χ0n) is 17.6. The molecule has 0 amide bonds. The third-order valence-electron chi connectivity index (χ3n) is 5.87. The van der Waals surface area contributed by atoms with E-state index in [0.717, 1.165) is 12.8 Å². The fourth-order valence-electron chi connectivity index (χ4n) is 4.16. The summed E-state index contributed by atoms with van der Waals surface area (Å²) in [5.74, 6) is 0. The van der Waals surface area contributed by atoms with E-state index in [1.165, 1.54) is 50.6 Å². The van der Waals surface area contributed by atoms with Crippen molar-refractivity contribution in [1.82, 2.24) is 0 Å². The van der Waals surface area contributed by atoms with Crippen molar-refractivity contribution in [2.24, 2.45) is 0 Å². The van der Waals surface area contributed by atoms with Crippen LogP contribution in [-0.2, 0) is 12.8 Å². The predicted octanol–water partition coefficient (Wildman–Crippen LogP) is 5.65. The van der Waals surface area contributed by atoms with Crippen molar-refractivity contribution in [3.05, 3.63) is 94.2 Å². The zero-order chi connectivity index (χ0) is 19.8. The lowest BCUT2D eigenvalue weighted by molar-refractivity contribution is -0.400. The molecule has 142 valence electrons. The van der Waals surface area contributed by atoms with Crippen LogP contribution in [0.1, 0.15) is 29.2 Å². The number of benzene rings is 2. The molecule has 0 saturated carbocycles. The Morgan fingerprint density at radius 2 is 1.71 bits per heavy atom. The van der Waals surface area contributed by atoms with Gasteiger partial charge in [-0.05, 0) is 44.5 Å². The molecule has 0 aromatic heterocycles. The normalized spacial score (nSPS) is 17.8. The highest BCUT2D eigenvalue weighted by atomic mass is 15.1. The van der Waals surface area contributed by atoms with E-state index in [0.29, 0.717) is 0 Å². The minimum Gasteiger partial charge on any atom is -0.348 e. The summed E-state index contributed by atoms with van der Waals surface area (Å²) < 4.78 is 2.31. The second-order valence-electron chi connectivity index (χ2n) is 8.13. The fraction of sp³-hybridized carbons (Fsp3) is 0.269. The third kappa shape index (κ3) is 3.47. The van der Waals surface area contributed by atoms with E-state index >= 15 is 0 Å². The summed E-state index contributed by atoms with van der Waals surface area (Å²) in [4.78, 5) is 2.31. The number of likely N-dealkylation sites (N-methyl/N-ethyl adjacent to an activating group) is 1. The molecule has 4 rings (SSSR count). The molecule has 0 fully saturated rings. The highest BCUT2D eigenvalue weighted by molar-refractivity contribution is 5.96. The van der Waals surface area contributed by atoms with Gasteiger partial charge in [-0.3, -0.25) is 0 Å². The van der Waals surface area contributed by atoms with Crippen LogP contribution in [0.25, 0.3) is 0 Å². The van der Waals surface area contributed by atoms with E-state index in [4.69, 9.17) is 0 Å². The number of fused-ring (bicyclic) bond motifs is 2. The van der Waals surface area contributed by atoms with Crippen LogP contribution in [0.15, 0.2) is 72.0 Å². The maximum absolute atomic E-state index is 2.31. The lowest BCUT2D eigenvalue weighted by Crippen LogP contribution is -2.10. The summed E-state index contributed by atoms with van der Waals surface area (Å²) in [5.41, 5.74) is 12.1. The van der Waals surface area contributed by atoms with Crippen molar-refractivity contribution in [2.75, 3.05) is 19.0 Å². The summed E-state index contributed by atoms with van der Waals surface area (Å²) in [6, 6.07) is 13.4. The van der Waals surface area contributed by atoms with Gasteiger partial charge in [-0.2, -0.15) is 4.58 Å². The van der Waals surface area contributed by atoms with Crippen molar-refractivity contribution in [3.8, 4) is 0 Å². The number of nitrogens with zero attached hydrogens (tertiary/aromatic N) is 2. The van der Waals surface area contributed by atoms with Gasteiger partial charge in [0.1, 0.15) is 7.05 Å². The first-order valence-electron chi connectivity index (χ1n) is 10.0. The van der Waals surface area contributed by atoms with E-state index < -0.39 is 0 Å². The molecule has 2 aromatic carbocycles. The number of allylic oxidation sites excluding steroid dienone is 6. The number of hydrogen-bond donors (Lipinski definition) is 0. The summed E-state index contributed by atoms with van der Waals surface area (Å²) in [6.45, 7) is 6.49. The van der Waals surface area contributed by atoms with Crippen LogP contribution < -0.4 is 4.90 Å². The van der Waals surface area contributed by atoms with Gasteiger partial charge in [-0.15, -0.1) is 0 Å². The Balaban J connectivity index is 1.49. The molecule has 2 aliphatic heterocycles. The van der Waals surface area contributed by atoms with Crippen LogP contribution in [0, 0.1) is 13.8 Å². The molecule has 28 heavy (non-hydrogen) atoms.